The lowest BCUT2D eigenvalue weighted by Gasteiger charge is -2.30. The van der Waals surface area contributed by atoms with Gasteiger partial charge in [-0.2, -0.15) is 0 Å². The molecule has 0 bridgehead atoms. The quantitative estimate of drug-likeness (QED) is 0.552. The van der Waals surface area contributed by atoms with Crippen LogP contribution in [0.25, 0.3) is 0 Å². The summed E-state index contributed by atoms with van der Waals surface area (Å²) in [5.74, 6) is 2.69. The molecule has 1 aliphatic carbocycles. The van der Waals surface area contributed by atoms with Crippen LogP contribution in [0.5, 0.6) is 0 Å². The molecule has 3 atom stereocenters. The maximum atomic E-state index is 2.46. The fourth-order valence-corrected chi connectivity index (χ4v) is 3.13. The lowest BCUT2D eigenvalue weighted by molar-refractivity contribution is 0.192. The average molecular weight is 236 g/mol. The molecule has 1 fully saturated rings. The van der Waals surface area contributed by atoms with Gasteiger partial charge in [0.05, 0.1) is 0 Å². The van der Waals surface area contributed by atoms with Crippen LogP contribution < -0.4 is 0 Å². The number of allylic oxidation sites excluding steroid dienone is 2. The minimum absolute atomic E-state index is 0.341. The Hall–Kier alpha value is -0.260. The van der Waals surface area contributed by atoms with Gasteiger partial charge in [0.15, 0.2) is 0 Å². The minimum Gasteiger partial charge on any atom is -0.0880 e. The topological polar surface area (TPSA) is 0 Å². The van der Waals surface area contributed by atoms with Gasteiger partial charge in [0.25, 0.3) is 0 Å². The Labute approximate surface area is 109 Å². The summed E-state index contributed by atoms with van der Waals surface area (Å²) in [4.78, 5) is 0. The Morgan fingerprint density at radius 3 is 2.18 bits per heavy atom. The lowest BCUT2D eigenvalue weighted by atomic mass is 9.75. The SMILES string of the molecule is CC1CC(CC/C=C/C(C)(C)C)C(C)C1(C)C. The van der Waals surface area contributed by atoms with E-state index in [1.807, 2.05) is 0 Å². The lowest BCUT2D eigenvalue weighted by Crippen LogP contribution is -2.23. The van der Waals surface area contributed by atoms with E-state index in [-0.39, 0.29) is 0 Å². The molecule has 0 heterocycles. The molecule has 0 aliphatic heterocycles. The Balaban J connectivity index is 2.42. The predicted molar refractivity (Wildman–Crippen MR) is 78.0 cm³/mol. The highest BCUT2D eigenvalue weighted by Crippen LogP contribution is 2.51. The van der Waals surface area contributed by atoms with Gasteiger partial charge in [-0.3, -0.25) is 0 Å². The maximum Gasteiger partial charge on any atom is -0.0203 e. The van der Waals surface area contributed by atoms with Gasteiger partial charge in [-0.25, -0.2) is 0 Å². The van der Waals surface area contributed by atoms with E-state index in [0.29, 0.717) is 10.8 Å². The first kappa shape index (κ1) is 14.8. The van der Waals surface area contributed by atoms with E-state index in [0.717, 1.165) is 17.8 Å². The highest BCUT2D eigenvalue weighted by atomic mass is 14.5. The van der Waals surface area contributed by atoms with Crippen molar-refractivity contribution in [2.24, 2.45) is 28.6 Å². The van der Waals surface area contributed by atoms with Gasteiger partial charge >= 0.3 is 0 Å². The minimum atomic E-state index is 0.341. The van der Waals surface area contributed by atoms with Crippen molar-refractivity contribution >= 4 is 0 Å². The summed E-state index contributed by atoms with van der Waals surface area (Å²) in [6, 6.07) is 0. The predicted octanol–water partition coefficient (Wildman–Crippen LogP) is 5.69. The van der Waals surface area contributed by atoms with E-state index < -0.39 is 0 Å². The molecule has 100 valence electrons. The maximum absolute atomic E-state index is 2.46. The molecule has 1 saturated carbocycles. The van der Waals surface area contributed by atoms with Gasteiger partial charge < -0.3 is 0 Å². The number of hydrogen-bond donors (Lipinski definition) is 0. The van der Waals surface area contributed by atoms with E-state index in [1.54, 1.807) is 0 Å². The standard InChI is InChI=1S/C17H32/c1-13-12-15(14(2)17(13,6)7)10-8-9-11-16(3,4)5/h9,11,13-15H,8,10,12H2,1-7H3/b11-9+. The van der Waals surface area contributed by atoms with Crippen LogP contribution in [0.4, 0.5) is 0 Å². The van der Waals surface area contributed by atoms with Crippen molar-refractivity contribution < 1.29 is 0 Å². The van der Waals surface area contributed by atoms with Crippen LogP contribution in [0, 0.1) is 28.6 Å². The van der Waals surface area contributed by atoms with E-state index in [2.05, 4.69) is 60.6 Å². The second-order valence-corrected chi connectivity index (χ2v) is 7.85. The Morgan fingerprint density at radius 2 is 1.76 bits per heavy atom. The molecule has 0 amide bonds. The second-order valence-electron chi connectivity index (χ2n) is 7.85. The van der Waals surface area contributed by atoms with E-state index >= 15 is 0 Å². The highest BCUT2D eigenvalue weighted by Gasteiger charge is 2.43. The first-order valence-electron chi connectivity index (χ1n) is 7.32. The van der Waals surface area contributed by atoms with Gasteiger partial charge in [-0.05, 0) is 47.8 Å². The number of rotatable bonds is 3. The van der Waals surface area contributed by atoms with E-state index in [9.17, 15) is 0 Å². The molecule has 0 aromatic carbocycles. The van der Waals surface area contributed by atoms with Gasteiger partial charge in [0.2, 0.25) is 0 Å². The van der Waals surface area contributed by atoms with Crippen LogP contribution in [0.1, 0.15) is 67.7 Å². The fraction of sp³-hybridized carbons (Fsp3) is 0.882. The first-order chi connectivity index (χ1) is 7.64. The summed E-state index contributed by atoms with van der Waals surface area (Å²) in [7, 11) is 0. The third-order valence-corrected chi connectivity index (χ3v) is 5.13. The van der Waals surface area contributed by atoms with Gasteiger partial charge in [-0.1, -0.05) is 60.6 Å². The largest absolute Gasteiger partial charge is 0.0880 e. The molecule has 0 aromatic heterocycles. The number of hydrogen-bond acceptors (Lipinski definition) is 0. The summed E-state index contributed by atoms with van der Waals surface area (Å²) in [6.07, 6.45) is 8.82. The van der Waals surface area contributed by atoms with E-state index in [1.165, 1.54) is 19.3 Å². The molecule has 0 saturated heterocycles. The molecule has 0 nitrogen and oxygen atoms in total. The molecular weight excluding hydrogens is 204 g/mol. The zero-order valence-corrected chi connectivity index (χ0v) is 13.0. The van der Waals surface area contributed by atoms with Gasteiger partial charge in [-0.15, -0.1) is 0 Å². The monoisotopic (exact) mass is 236 g/mol. The average Bonchev–Trinajstić information content (AvgIpc) is 2.36. The van der Waals surface area contributed by atoms with Crippen LogP contribution in [0.15, 0.2) is 12.2 Å². The van der Waals surface area contributed by atoms with Crippen LogP contribution >= 0.6 is 0 Å². The summed E-state index contributed by atoms with van der Waals surface area (Å²) in [6.45, 7) is 16.6. The molecule has 0 spiro atoms. The van der Waals surface area contributed by atoms with Crippen molar-refractivity contribution in [2.75, 3.05) is 0 Å². The van der Waals surface area contributed by atoms with Crippen LogP contribution in [0.3, 0.4) is 0 Å². The summed E-state index contributed by atoms with van der Waals surface area (Å²) >= 11 is 0. The van der Waals surface area contributed by atoms with Crippen molar-refractivity contribution in [1.29, 1.82) is 0 Å². The van der Waals surface area contributed by atoms with Crippen molar-refractivity contribution in [3.05, 3.63) is 12.2 Å². The summed E-state index contributed by atoms with van der Waals surface area (Å²) < 4.78 is 0. The Kier molecular flexibility index (Phi) is 4.49. The van der Waals surface area contributed by atoms with Crippen molar-refractivity contribution in [2.45, 2.75) is 67.7 Å². The Bertz CT molecular complexity index is 264. The highest BCUT2D eigenvalue weighted by molar-refractivity contribution is 4.96. The van der Waals surface area contributed by atoms with Crippen LogP contribution in [-0.2, 0) is 0 Å². The molecular formula is C17H32. The summed E-state index contributed by atoms with van der Waals surface area (Å²) in [5.41, 5.74) is 0.881. The van der Waals surface area contributed by atoms with Gasteiger partial charge in [0.1, 0.15) is 0 Å². The van der Waals surface area contributed by atoms with Crippen molar-refractivity contribution in [3.63, 3.8) is 0 Å². The van der Waals surface area contributed by atoms with Crippen molar-refractivity contribution in [1.82, 2.24) is 0 Å². The Morgan fingerprint density at radius 1 is 1.18 bits per heavy atom. The first-order valence-corrected chi connectivity index (χ1v) is 7.32. The second kappa shape index (κ2) is 5.16. The van der Waals surface area contributed by atoms with Gasteiger partial charge in [0, 0.05) is 0 Å². The molecule has 0 N–H and O–H groups in total. The normalized spacial score (nSPS) is 33.5. The molecule has 17 heavy (non-hydrogen) atoms. The third-order valence-electron chi connectivity index (χ3n) is 5.13. The molecule has 0 radical (unpaired) electrons. The molecule has 3 unspecified atom stereocenters. The van der Waals surface area contributed by atoms with Crippen LogP contribution in [-0.4, -0.2) is 0 Å². The molecule has 0 heteroatoms. The fourth-order valence-electron chi connectivity index (χ4n) is 3.13. The van der Waals surface area contributed by atoms with Crippen molar-refractivity contribution in [3.8, 4) is 0 Å². The van der Waals surface area contributed by atoms with E-state index in [4.69, 9.17) is 0 Å². The van der Waals surface area contributed by atoms with Crippen LogP contribution in [0.2, 0.25) is 0 Å². The zero-order chi connectivity index (χ0) is 13.3. The molecule has 1 rings (SSSR count). The zero-order valence-electron chi connectivity index (χ0n) is 13.0. The summed E-state index contributed by atoms with van der Waals surface area (Å²) in [5, 5.41) is 0. The third kappa shape index (κ3) is 3.86. The molecule has 1 aliphatic rings. The smallest absolute Gasteiger partial charge is 0.0203 e. The molecule has 0 aromatic rings.